The molecule has 0 fully saturated rings. The first-order chi connectivity index (χ1) is 14.2. The summed E-state index contributed by atoms with van der Waals surface area (Å²) in [5, 5.41) is 7.15. The molecule has 2 aromatic carbocycles. The van der Waals surface area contributed by atoms with Crippen LogP contribution < -0.4 is 10.2 Å². The molecule has 0 atom stereocenters. The molecule has 0 bridgehead atoms. The summed E-state index contributed by atoms with van der Waals surface area (Å²) in [6.07, 6.45) is 3.46. The fraction of sp³-hybridized carbons (Fsp3) is 0.136. The van der Waals surface area contributed by atoms with Gasteiger partial charge in [0.15, 0.2) is 5.82 Å². The third kappa shape index (κ3) is 4.70. The topological polar surface area (TPSA) is 67.8 Å². The SMILES string of the molecule is Cc1cccc(COc2cccc(CNn3c(-c4ccncc4)n[nH]c3=S)c2)c1. The number of benzene rings is 2. The zero-order valence-corrected chi connectivity index (χ0v) is 16.8. The second-order valence-corrected chi connectivity index (χ2v) is 7.07. The van der Waals surface area contributed by atoms with Crippen LogP contribution in [-0.2, 0) is 13.2 Å². The van der Waals surface area contributed by atoms with Crippen molar-refractivity contribution in [1.29, 1.82) is 0 Å². The molecular weight excluding hydrogens is 382 g/mol. The molecule has 0 aliphatic rings. The van der Waals surface area contributed by atoms with E-state index in [9.17, 15) is 0 Å². The predicted molar refractivity (Wildman–Crippen MR) is 116 cm³/mol. The summed E-state index contributed by atoms with van der Waals surface area (Å²) in [5.41, 5.74) is 7.71. The molecule has 7 heteroatoms. The average Bonchev–Trinajstić information content (AvgIpc) is 3.12. The van der Waals surface area contributed by atoms with Gasteiger partial charge in [0, 0.05) is 18.0 Å². The number of ether oxygens (including phenoxy) is 1. The fourth-order valence-electron chi connectivity index (χ4n) is 3.02. The molecule has 29 heavy (non-hydrogen) atoms. The largest absolute Gasteiger partial charge is 0.489 e. The second-order valence-electron chi connectivity index (χ2n) is 6.68. The van der Waals surface area contributed by atoms with Gasteiger partial charge < -0.3 is 10.2 Å². The van der Waals surface area contributed by atoms with Gasteiger partial charge in [-0.3, -0.25) is 4.98 Å². The quantitative estimate of drug-likeness (QED) is 0.440. The monoisotopic (exact) mass is 403 g/mol. The number of aromatic nitrogens is 4. The zero-order valence-electron chi connectivity index (χ0n) is 16.0. The number of nitrogens with one attached hydrogen (secondary N) is 2. The summed E-state index contributed by atoms with van der Waals surface area (Å²) in [6.45, 7) is 3.20. The van der Waals surface area contributed by atoms with Crippen molar-refractivity contribution in [2.75, 3.05) is 5.43 Å². The van der Waals surface area contributed by atoms with Crippen LogP contribution in [0, 0.1) is 11.7 Å². The molecule has 0 spiro atoms. The number of rotatable bonds is 7. The lowest BCUT2D eigenvalue weighted by atomic mass is 10.1. The van der Waals surface area contributed by atoms with E-state index in [4.69, 9.17) is 17.0 Å². The highest BCUT2D eigenvalue weighted by Gasteiger charge is 2.08. The number of hydrogen-bond donors (Lipinski definition) is 2. The molecule has 2 N–H and O–H groups in total. The molecule has 0 saturated carbocycles. The van der Waals surface area contributed by atoms with Crippen LogP contribution in [-0.4, -0.2) is 19.9 Å². The van der Waals surface area contributed by atoms with Crippen molar-refractivity contribution in [1.82, 2.24) is 19.9 Å². The molecule has 0 amide bonds. The highest BCUT2D eigenvalue weighted by Crippen LogP contribution is 2.18. The van der Waals surface area contributed by atoms with Crippen molar-refractivity contribution < 1.29 is 4.74 Å². The fourth-order valence-corrected chi connectivity index (χ4v) is 3.22. The number of pyridine rings is 1. The van der Waals surface area contributed by atoms with E-state index in [0.717, 1.165) is 22.4 Å². The normalized spacial score (nSPS) is 10.7. The van der Waals surface area contributed by atoms with E-state index in [0.29, 0.717) is 23.7 Å². The van der Waals surface area contributed by atoms with E-state index in [1.165, 1.54) is 5.56 Å². The first-order valence-electron chi connectivity index (χ1n) is 9.28. The van der Waals surface area contributed by atoms with Crippen LogP contribution in [0.5, 0.6) is 5.75 Å². The van der Waals surface area contributed by atoms with E-state index in [2.05, 4.69) is 45.7 Å². The van der Waals surface area contributed by atoms with E-state index >= 15 is 0 Å². The zero-order chi connectivity index (χ0) is 20.1. The maximum Gasteiger partial charge on any atom is 0.214 e. The third-order valence-corrected chi connectivity index (χ3v) is 4.71. The summed E-state index contributed by atoms with van der Waals surface area (Å²) in [7, 11) is 0. The van der Waals surface area contributed by atoms with E-state index < -0.39 is 0 Å². The lowest BCUT2D eigenvalue weighted by Gasteiger charge is -2.12. The predicted octanol–water partition coefficient (Wildman–Crippen LogP) is 4.63. The van der Waals surface area contributed by atoms with Gasteiger partial charge in [0.2, 0.25) is 4.77 Å². The second kappa shape index (κ2) is 8.70. The highest BCUT2D eigenvalue weighted by molar-refractivity contribution is 7.71. The Morgan fingerprint density at radius 1 is 1.03 bits per heavy atom. The highest BCUT2D eigenvalue weighted by atomic mass is 32.1. The van der Waals surface area contributed by atoms with Crippen molar-refractivity contribution in [3.63, 3.8) is 0 Å². The van der Waals surface area contributed by atoms with Crippen LogP contribution in [0.3, 0.4) is 0 Å². The Morgan fingerprint density at radius 3 is 2.66 bits per heavy atom. The Hall–Kier alpha value is -3.45. The Labute approximate surface area is 174 Å². The van der Waals surface area contributed by atoms with Crippen LogP contribution in [0.15, 0.2) is 73.1 Å². The molecule has 6 nitrogen and oxygen atoms in total. The smallest absolute Gasteiger partial charge is 0.214 e. The number of H-pyrrole nitrogens is 1. The molecule has 0 radical (unpaired) electrons. The van der Waals surface area contributed by atoms with Crippen molar-refractivity contribution in [3.8, 4) is 17.1 Å². The third-order valence-electron chi connectivity index (χ3n) is 4.44. The Kier molecular flexibility index (Phi) is 5.67. The van der Waals surface area contributed by atoms with Crippen LogP contribution in [0.2, 0.25) is 0 Å². The summed E-state index contributed by atoms with van der Waals surface area (Å²) in [6, 6.07) is 20.1. The molecule has 0 unspecified atom stereocenters. The van der Waals surface area contributed by atoms with Crippen molar-refractivity contribution in [2.45, 2.75) is 20.1 Å². The molecule has 4 rings (SSSR count). The number of aromatic amines is 1. The maximum atomic E-state index is 5.96. The first-order valence-corrected chi connectivity index (χ1v) is 9.69. The van der Waals surface area contributed by atoms with Gasteiger partial charge in [-0.2, -0.15) is 5.10 Å². The minimum absolute atomic E-state index is 0.503. The first kappa shape index (κ1) is 18.9. The summed E-state index contributed by atoms with van der Waals surface area (Å²) in [5.74, 6) is 1.54. The molecule has 0 aliphatic carbocycles. The van der Waals surface area contributed by atoms with Gasteiger partial charge in [0.1, 0.15) is 12.4 Å². The molecule has 0 aliphatic heterocycles. The van der Waals surface area contributed by atoms with Gasteiger partial charge in [0.25, 0.3) is 0 Å². The van der Waals surface area contributed by atoms with Crippen molar-refractivity contribution >= 4 is 12.2 Å². The molecular formula is C22H21N5OS. The van der Waals surface area contributed by atoms with Gasteiger partial charge in [-0.15, -0.1) is 0 Å². The summed E-state index contributed by atoms with van der Waals surface area (Å²) < 4.78 is 8.23. The summed E-state index contributed by atoms with van der Waals surface area (Å²) >= 11 is 5.36. The number of hydrogen-bond acceptors (Lipinski definition) is 5. The van der Waals surface area contributed by atoms with Gasteiger partial charge in [0.05, 0.1) is 6.54 Å². The number of aryl methyl sites for hydroxylation is 1. The van der Waals surface area contributed by atoms with Crippen molar-refractivity contribution in [2.24, 2.45) is 0 Å². The molecule has 2 aromatic heterocycles. The minimum atomic E-state index is 0.503. The number of nitrogens with zero attached hydrogens (tertiary/aromatic N) is 3. The summed E-state index contributed by atoms with van der Waals surface area (Å²) in [4.78, 5) is 4.05. The Balaban J connectivity index is 1.44. The van der Waals surface area contributed by atoms with Crippen LogP contribution in [0.25, 0.3) is 11.4 Å². The van der Waals surface area contributed by atoms with Gasteiger partial charge in [-0.25, -0.2) is 9.77 Å². The standard InChI is InChI=1S/C22H21N5OS/c1-16-4-2-6-18(12-16)15-28-20-7-3-5-17(13-20)14-24-27-21(25-26-22(27)29)19-8-10-23-11-9-19/h2-13,24H,14-15H2,1H3,(H,26,29). The lowest BCUT2D eigenvalue weighted by Crippen LogP contribution is -2.16. The van der Waals surface area contributed by atoms with E-state index in [-0.39, 0.29) is 0 Å². The molecule has 146 valence electrons. The molecule has 2 heterocycles. The minimum Gasteiger partial charge on any atom is -0.489 e. The molecule has 0 saturated heterocycles. The molecule has 4 aromatic rings. The van der Waals surface area contributed by atoms with Crippen LogP contribution >= 0.6 is 12.2 Å². The van der Waals surface area contributed by atoms with Gasteiger partial charge in [-0.1, -0.05) is 42.0 Å². The van der Waals surface area contributed by atoms with E-state index in [1.54, 1.807) is 17.1 Å². The average molecular weight is 404 g/mol. The lowest BCUT2D eigenvalue weighted by molar-refractivity contribution is 0.306. The van der Waals surface area contributed by atoms with Crippen molar-refractivity contribution in [3.05, 3.63) is 94.5 Å². The van der Waals surface area contributed by atoms with Gasteiger partial charge >= 0.3 is 0 Å². The van der Waals surface area contributed by atoms with Crippen LogP contribution in [0.4, 0.5) is 0 Å². The Morgan fingerprint density at radius 2 is 1.83 bits per heavy atom. The van der Waals surface area contributed by atoms with Crippen LogP contribution in [0.1, 0.15) is 16.7 Å². The van der Waals surface area contributed by atoms with E-state index in [1.807, 2.05) is 42.5 Å². The Bertz CT molecular complexity index is 1150. The maximum absolute atomic E-state index is 5.96. The van der Waals surface area contributed by atoms with Gasteiger partial charge in [-0.05, 0) is 54.5 Å².